The molecule has 1 aromatic heterocycles. The number of carbonyl (C=O) groups excluding carboxylic acids is 2. The van der Waals surface area contributed by atoms with Crippen molar-refractivity contribution in [1.82, 2.24) is 5.32 Å². The van der Waals surface area contributed by atoms with Gasteiger partial charge in [-0.1, -0.05) is 11.3 Å². The van der Waals surface area contributed by atoms with E-state index in [4.69, 9.17) is 0 Å². The first kappa shape index (κ1) is 12.7. The average Bonchev–Trinajstić information content (AvgIpc) is 2.81. The van der Waals surface area contributed by atoms with Crippen LogP contribution in [0.1, 0.15) is 35.4 Å². The van der Waals surface area contributed by atoms with E-state index in [1.807, 2.05) is 0 Å². The second-order valence-corrected chi connectivity index (χ2v) is 5.24. The number of nitrogens with zero attached hydrogens (tertiary/aromatic N) is 1. The molecular weight excluding hydrogens is 256 g/mol. The summed E-state index contributed by atoms with van der Waals surface area (Å²) in [5.74, 6) is -0.0697. The standard InChI is InChI=1S/C11H12N2O4S/c14-8-3-1-7(2-4-8)12-11(15)9-5-6-10(18-9)13(16)17/h5-7H,1-4H2,(H,12,15). The molecule has 0 aromatic carbocycles. The lowest BCUT2D eigenvalue weighted by Crippen LogP contribution is -2.37. The highest BCUT2D eigenvalue weighted by Gasteiger charge is 2.22. The molecule has 0 bridgehead atoms. The van der Waals surface area contributed by atoms with Crippen LogP contribution in [0.25, 0.3) is 0 Å². The van der Waals surface area contributed by atoms with E-state index in [1.165, 1.54) is 12.1 Å². The van der Waals surface area contributed by atoms with Crippen LogP contribution in [0.15, 0.2) is 12.1 Å². The Labute approximate surface area is 107 Å². The number of nitro groups is 1. The summed E-state index contributed by atoms with van der Waals surface area (Å²) in [4.78, 5) is 33.2. The number of amides is 1. The maximum absolute atomic E-state index is 11.8. The van der Waals surface area contributed by atoms with Crippen LogP contribution in [0.2, 0.25) is 0 Å². The van der Waals surface area contributed by atoms with Crippen molar-refractivity contribution >= 4 is 28.0 Å². The topological polar surface area (TPSA) is 89.3 Å². The van der Waals surface area contributed by atoms with Crippen molar-refractivity contribution in [2.45, 2.75) is 31.7 Å². The molecule has 1 aliphatic rings. The fraction of sp³-hybridized carbons (Fsp3) is 0.455. The van der Waals surface area contributed by atoms with Gasteiger partial charge in [0.2, 0.25) is 0 Å². The summed E-state index contributed by atoms with van der Waals surface area (Å²) in [6.07, 6.45) is 2.29. The molecule has 7 heteroatoms. The molecule has 0 aliphatic heterocycles. The number of rotatable bonds is 3. The monoisotopic (exact) mass is 268 g/mol. The third-order valence-corrected chi connectivity index (χ3v) is 3.91. The van der Waals surface area contributed by atoms with Crippen molar-refractivity contribution in [2.24, 2.45) is 0 Å². The Balaban J connectivity index is 1.94. The van der Waals surface area contributed by atoms with Gasteiger partial charge in [0.05, 0.1) is 9.80 Å². The van der Waals surface area contributed by atoms with E-state index >= 15 is 0 Å². The summed E-state index contributed by atoms with van der Waals surface area (Å²) >= 11 is 0.860. The number of carbonyl (C=O) groups is 2. The molecule has 1 heterocycles. The zero-order valence-corrected chi connectivity index (χ0v) is 10.4. The highest BCUT2D eigenvalue weighted by Crippen LogP contribution is 2.24. The molecule has 0 saturated heterocycles. The molecule has 1 aliphatic carbocycles. The van der Waals surface area contributed by atoms with Crippen LogP contribution >= 0.6 is 11.3 Å². The first-order valence-corrected chi connectivity index (χ1v) is 6.44. The molecule has 96 valence electrons. The largest absolute Gasteiger partial charge is 0.349 e. The summed E-state index contributed by atoms with van der Waals surface area (Å²) in [6, 6.07) is 2.77. The van der Waals surface area contributed by atoms with Gasteiger partial charge in [-0.15, -0.1) is 0 Å². The Bertz CT molecular complexity index is 487. The van der Waals surface area contributed by atoms with Gasteiger partial charge in [-0.3, -0.25) is 19.7 Å². The molecule has 0 radical (unpaired) electrons. The lowest BCUT2D eigenvalue weighted by atomic mass is 9.94. The van der Waals surface area contributed by atoms with Crippen LogP contribution in [0, 0.1) is 10.1 Å². The number of hydrogen-bond donors (Lipinski definition) is 1. The summed E-state index contributed by atoms with van der Waals surface area (Å²) in [7, 11) is 0. The minimum atomic E-state index is -0.513. The van der Waals surface area contributed by atoms with Gasteiger partial charge < -0.3 is 5.32 Å². The summed E-state index contributed by atoms with van der Waals surface area (Å²) in [5, 5.41) is 13.3. The number of nitrogens with one attached hydrogen (secondary N) is 1. The predicted molar refractivity (Wildman–Crippen MR) is 65.7 cm³/mol. The lowest BCUT2D eigenvalue weighted by Gasteiger charge is -2.21. The molecule has 6 nitrogen and oxygen atoms in total. The van der Waals surface area contributed by atoms with Gasteiger partial charge in [-0.25, -0.2) is 0 Å². The molecule has 1 aromatic rings. The Morgan fingerprint density at radius 1 is 1.39 bits per heavy atom. The van der Waals surface area contributed by atoms with Crippen LogP contribution in [0.4, 0.5) is 5.00 Å². The third kappa shape index (κ3) is 2.92. The summed E-state index contributed by atoms with van der Waals surface area (Å²) < 4.78 is 0. The lowest BCUT2D eigenvalue weighted by molar-refractivity contribution is -0.380. The molecule has 2 rings (SSSR count). The van der Waals surface area contributed by atoms with E-state index < -0.39 is 4.92 Å². The van der Waals surface area contributed by atoms with E-state index in [9.17, 15) is 19.7 Å². The fourth-order valence-electron chi connectivity index (χ4n) is 1.89. The SMILES string of the molecule is O=C1CCC(NC(=O)c2ccc([N+](=O)[O-])s2)CC1. The van der Waals surface area contributed by atoms with Crippen molar-refractivity contribution in [3.05, 3.63) is 27.1 Å². The van der Waals surface area contributed by atoms with Gasteiger partial charge in [0, 0.05) is 24.9 Å². The number of thiophene rings is 1. The summed E-state index contributed by atoms with van der Waals surface area (Å²) in [5.41, 5.74) is 0. The average molecular weight is 268 g/mol. The minimum Gasteiger partial charge on any atom is -0.349 e. The van der Waals surface area contributed by atoms with Crippen molar-refractivity contribution in [3.63, 3.8) is 0 Å². The molecule has 1 N–H and O–H groups in total. The van der Waals surface area contributed by atoms with Gasteiger partial charge in [-0.2, -0.15) is 0 Å². The van der Waals surface area contributed by atoms with Gasteiger partial charge in [-0.05, 0) is 18.9 Å². The Morgan fingerprint density at radius 3 is 2.61 bits per heavy atom. The molecule has 1 fully saturated rings. The van der Waals surface area contributed by atoms with E-state index in [1.54, 1.807) is 0 Å². The van der Waals surface area contributed by atoms with Gasteiger partial charge in [0.15, 0.2) is 0 Å². The molecule has 0 atom stereocenters. The maximum Gasteiger partial charge on any atom is 0.324 e. The normalized spacial score (nSPS) is 16.6. The predicted octanol–water partition coefficient (Wildman–Crippen LogP) is 1.90. The van der Waals surface area contributed by atoms with Crippen LogP contribution in [-0.2, 0) is 4.79 Å². The molecule has 1 saturated carbocycles. The summed E-state index contributed by atoms with van der Waals surface area (Å²) in [6.45, 7) is 0. The molecule has 1 amide bonds. The quantitative estimate of drug-likeness (QED) is 0.669. The first-order chi connectivity index (χ1) is 8.56. The van der Waals surface area contributed by atoms with E-state index in [-0.39, 0.29) is 22.7 Å². The number of ketones is 1. The van der Waals surface area contributed by atoms with Gasteiger partial charge in [0.25, 0.3) is 5.91 Å². The molecule has 0 spiro atoms. The smallest absolute Gasteiger partial charge is 0.324 e. The minimum absolute atomic E-state index is 0.00337. The second-order valence-electron chi connectivity index (χ2n) is 4.18. The van der Waals surface area contributed by atoms with Crippen molar-refractivity contribution in [1.29, 1.82) is 0 Å². The van der Waals surface area contributed by atoms with Gasteiger partial charge >= 0.3 is 5.00 Å². The highest BCUT2D eigenvalue weighted by molar-refractivity contribution is 7.17. The molecule has 18 heavy (non-hydrogen) atoms. The van der Waals surface area contributed by atoms with Crippen LogP contribution in [-0.4, -0.2) is 22.7 Å². The van der Waals surface area contributed by atoms with Gasteiger partial charge in [0.1, 0.15) is 5.78 Å². The second kappa shape index (κ2) is 5.26. The van der Waals surface area contributed by atoms with Crippen LogP contribution in [0.3, 0.4) is 0 Å². The fourth-order valence-corrected chi connectivity index (χ4v) is 2.61. The maximum atomic E-state index is 11.8. The molecular formula is C11H12N2O4S. The van der Waals surface area contributed by atoms with Crippen molar-refractivity contribution < 1.29 is 14.5 Å². The van der Waals surface area contributed by atoms with E-state index in [0.717, 1.165) is 11.3 Å². The Kier molecular flexibility index (Phi) is 3.71. The number of hydrogen-bond acceptors (Lipinski definition) is 5. The van der Waals surface area contributed by atoms with E-state index in [0.29, 0.717) is 30.6 Å². The molecule has 0 unspecified atom stereocenters. The number of Topliss-reactive ketones (excluding diaryl/α,β-unsaturated/α-hetero) is 1. The highest BCUT2D eigenvalue weighted by atomic mass is 32.1. The van der Waals surface area contributed by atoms with Crippen LogP contribution < -0.4 is 5.32 Å². The Morgan fingerprint density at radius 2 is 2.06 bits per heavy atom. The zero-order chi connectivity index (χ0) is 13.1. The van der Waals surface area contributed by atoms with E-state index in [2.05, 4.69) is 5.32 Å². The Hall–Kier alpha value is -1.76. The third-order valence-electron chi connectivity index (χ3n) is 2.87. The van der Waals surface area contributed by atoms with Crippen molar-refractivity contribution in [2.75, 3.05) is 0 Å². The van der Waals surface area contributed by atoms with Crippen molar-refractivity contribution in [3.8, 4) is 0 Å². The first-order valence-electron chi connectivity index (χ1n) is 5.63. The zero-order valence-electron chi connectivity index (χ0n) is 9.55. The van der Waals surface area contributed by atoms with Crippen LogP contribution in [0.5, 0.6) is 0 Å².